The van der Waals surface area contributed by atoms with Crippen molar-refractivity contribution in [2.45, 2.75) is 30.7 Å². The maximum atomic E-state index is 11.8. The predicted octanol–water partition coefficient (Wildman–Crippen LogP) is 3.45. The lowest BCUT2D eigenvalue weighted by Gasteiger charge is -2.42. The maximum Gasteiger partial charge on any atom is 0.175 e. The van der Waals surface area contributed by atoms with E-state index in [1.807, 2.05) is 12.1 Å². The van der Waals surface area contributed by atoms with E-state index in [9.17, 15) is 8.42 Å². The second-order valence-electron chi connectivity index (χ2n) is 7.44. The van der Waals surface area contributed by atoms with Gasteiger partial charge in [0.05, 0.1) is 11.4 Å². The van der Waals surface area contributed by atoms with Gasteiger partial charge in [-0.05, 0) is 48.6 Å². The van der Waals surface area contributed by atoms with Crippen LogP contribution in [0.3, 0.4) is 0 Å². The lowest BCUT2D eigenvalue weighted by molar-refractivity contribution is 0.0448. The standard InChI is InChI=1S/C21H24N2O3S/c1-27(24,25)18-7-4-5-16(13-18)15-22-20-21(9-11-26-12-10-21)14-17-6-2-3-8-19(17)23-20/h2-8,13H,9-12,14-15H2,1H3,(H,22,23). The lowest BCUT2D eigenvalue weighted by atomic mass is 9.71. The number of rotatable bonds is 3. The number of hydrogen-bond acceptors (Lipinski definition) is 4. The number of anilines is 1. The van der Waals surface area contributed by atoms with Crippen molar-refractivity contribution in [3.05, 3.63) is 59.7 Å². The van der Waals surface area contributed by atoms with Crippen LogP contribution in [-0.4, -0.2) is 33.7 Å². The summed E-state index contributed by atoms with van der Waals surface area (Å²) in [6, 6.07) is 15.4. The zero-order valence-electron chi connectivity index (χ0n) is 15.4. The zero-order chi connectivity index (χ0) is 18.9. The van der Waals surface area contributed by atoms with Crippen molar-refractivity contribution < 1.29 is 13.2 Å². The van der Waals surface area contributed by atoms with E-state index in [0.29, 0.717) is 11.4 Å². The molecule has 5 nitrogen and oxygen atoms in total. The highest BCUT2D eigenvalue weighted by atomic mass is 32.2. The summed E-state index contributed by atoms with van der Waals surface area (Å²) < 4.78 is 29.2. The number of fused-ring (bicyclic) bond motifs is 1. The van der Waals surface area contributed by atoms with Crippen LogP contribution < -0.4 is 5.32 Å². The summed E-state index contributed by atoms with van der Waals surface area (Å²) in [7, 11) is -3.22. The molecule has 2 aliphatic rings. The molecule has 0 unspecified atom stereocenters. The molecule has 6 heteroatoms. The molecule has 1 spiro atoms. The van der Waals surface area contributed by atoms with Gasteiger partial charge in [0.15, 0.2) is 9.84 Å². The van der Waals surface area contributed by atoms with Crippen molar-refractivity contribution in [2.24, 2.45) is 10.4 Å². The van der Waals surface area contributed by atoms with Crippen molar-refractivity contribution in [3.63, 3.8) is 0 Å². The Morgan fingerprint density at radius 3 is 2.67 bits per heavy atom. The molecule has 0 aliphatic carbocycles. The SMILES string of the molecule is CS(=O)(=O)c1cccc(CN=C2Nc3ccccc3CC23CCOCC3)c1. The van der Waals surface area contributed by atoms with Gasteiger partial charge in [-0.15, -0.1) is 0 Å². The number of hydrogen-bond donors (Lipinski definition) is 1. The van der Waals surface area contributed by atoms with Crippen LogP contribution in [-0.2, 0) is 27.5 Å². The molecule has 0 atom stereocenters. The van der Waals surface area contributed by atoms with E-state index in [2.05, 4.69) is 23.5 Å². The minimum absolute atomic E-state index is 0.0267. The topological polar surface area (TPSA) is 67.8 Å². The fourth-order valence-electron chi connectivity index (χ4n) is 3.93. The van der Waals surface area contributed by atoms with Crippen molar-refractivity contribution in [3.8, 4) is 0 Å². The number of nitrogens with one attached hydrogen (secondary N) is 1. The summed E-state index contributed by atoms with van der Waals surface area (Å²) >= 11 is 0. The van der Waals surface area contributed by atoms with Crippen LogP contribution in [0.1, 0.15) is 24.0 Å². The van der Waals surface area contributed by atoms with Crippen LogP contribution in [0.5, 0.6) is 0 Å². The third-order valence-electron chi connectivity index (χ3n) is 5.50. The highest BCUT2D eigenvalue weighted by Gasteiger charge is 2.41. The molecule has 142 valence electrons. The van der Waals surface area contributed by atoms with Crippen LogP contribution in [0.15, 0.2) is 58.4 Å². The second-order valence-corrected chi connectivity index (χ2v) is 9.45. The minimum atomic E-state index is -3.22. The summed E-state index contributed by atoms with van der Waals surface area (Å²) in [5.41, 5.74) is 3.30. The summed E-state index contributed by atoms with van der Waals surface area (Å²) in [6.45, 7) is 1.94. The molecule has 2 aromatic rings. The number of benzene rings is 2. The van der Waals surface area contributed by atoms with E-state index >= 15 is 0 Å². The normalized spacial score (nSPS) is 20.3. The van der Waals surface area contributed by atoms with Gasteiger partial charge in [-0.3, -0.25) is 4.99 Å². The molecule has 2 aliphatic heterocycles. The van der Waals surface area contributed by atoms with Gasteiger partial charge >= 0.3 is 0 Å². The van der Waals surface area contributed by atoms with Gasteiger partial charge in [0.2, 0.25) is 0 Å². The van der Waals surface area contributed by atoms with E-state index in [-0.39, 0.29) is 5.41 Å². The second kappa shape index (κ2) is 7.09. The number of nitrogens with zero attached hydrogens (tertiary/aromatic N) is 1. The Kier molecular flexibility index (Phi) is 4.78. The first kappa shape index (κ1) is 18.2. The molecule has 4 rings (SSSR count). The molecular formula is C21H24N2O3S. The molecule has 2 heterocycles. The molecule has 0 aromatic heterocycles. The summed E-state index contributed by atoms with van der Waals surface area (Å²) in [4.78, 5) is 5.24. The monoisotopic (exact) mass is 384 g/mol. The van der Waals surface area contributed by atoms with Gasteiger partial charge in [-0.2, -0.15) is 0 Å². The Morgan fingerprint density at radius 2 is 1.89 bits per heavy atom. The number of para-hydroxylation sites is 1. The Balaban J connectivity index is 1.66. The van der Waals surface area contributed by atoms with Gasteiger partial charge in [0.1, 0.15) is 5.84 Å². The first-order chi connectivity index (χ1) is 13.0. The van der Waals surface area contributed by atoms with Gasteiger partial charge < -0.3 is 10.1 Å². The Hall–Kier alpha value is -2.18. The van der Waals surface area contributed by atoms with Gasteiger partial charge in [-0.1, -0.05) is 30.3 Å². The van der Waals surface area contributed by atoms with Crippen molar-refractivity contribution in [2.75, 3.05) is 24.8 Å². The van der Waals surface area contributed by atoms with E-state index in [1.165, 1.54) is 11.8 Å². The molecular weight excluding hydrogens is 360 g/mol. The molecule has 2 aromatic carbocycles. The molecule has 1 fully saturated rings. The van der Waals surface area contributed by atoms with Gasteiger partial charge in [-0.25, -0.2) is 8.42 Å². The van der Waals surface area contributed by atoms with Crippen molar-refractivity contribution in [1.82, 2.24) is 0 Å². The molecule has 0 radical (unpaired) electrons. The van der Waals surface area contributed by atoms with E-state index in [0.717, 1.165) is 49.6 Å². The zero-order valence-corrected chi connectivity index (χ0v) is 16.3. The van der Waals surface area contributed by atoms with Gasteiger partial charge in [0.25, 0.3) is 0 Å². The van der Waals surface area contributed by atoms with Gasteiger partial charge in [0, 0.05) is 30.6 Å². The number of sulfone groups is 1. The molecule has 1 N–H and O–H groups in total. The molecule has 1 saturated heterocycles. The third kappa shape index (κ3) is 3.77. The highest BCUT2D eigenvalue weighted by molar-refractivity contribution is 7.90. The molecule has 0 saturated carbocycles. The number of aliphatic imine (C=N–C) groups is 1. The molecule has 27 heavy (non-hydrogen) atoms. The van der Waals surface area contributed by atoms with E-state index < -0.39 is 9.84 Å². The average Bonchev–Trinajstić information content (AvgIpc) is 2.66. The minimum Gasteiger partial charge on any atom is -0.381 e. The average molecular weight is 385 g/mol. The van der Waals surface area contributed by atoms with Crippen LogP contribution in [0.4, 0.5) is 5.69 Å². The van der Waals surface area contributed by atoms with Crippen LogP contribution in [0.2, 0.25) is 0 Å². The number of amidine groups is 1. The van der Waals surface area contributed by atoms with E-state index in [4.69, 9.17) is 9.73 Å². The quantitative estimate of drug-likeness (QED) is 0.880. The number of ether oxygens (including phenoxy) is 1. The summed E-state index contributed by atoms with van der Waals surface area (Å²) in [5, 5.41) is 3.55. The highest BCUT2D eigenvalue weighted by Crippen LogP contribution is 2.41. The van der Waals surface area contributed by atoms with Crippen LogP contribution >= 0.6 is 0 Å². The van der Waals surface area contributed by atoms with Crippen molar-refractivity contribution in [1.29, 1.82) is 0 Å². The maximum absolute atomic E-state index is 11.8. The smallest absolute Gasteiger partial charge is 0.175 e. The summed E-state index contributed by atoms with van der Waals surface area (Å²) in [5.74, 6) is 0.995. The Morgan fingerprint density at radius 1 is 1.11 bits per heavy atom. The Bertz CT molecular complexity index is 976. The predicted molar refractivity (Wildman–Crippen MR) is 107 cm³/mol. The largest absolute Gasteiger partial charge is 0.381 e. The summed E-state index contributed by atoms with van der Waals surface area (Å²) in [6.07, 6.45) is 4.07. The fourth-order valence-corrected chi connectivity index (χ4v) is 4.62. The first-order valence-electron chi connectivity index (χ1n) is 9.23. The van der Waals surface area contributed by atoms with Crippen LogP contribution in [0.25, 0.3) is 0 Å². The first-order valence-corrected chi connectivity index (χ1v) is 11.1. The van der Waals surface area contributed by atoms with Crippen LogP contribution in [0, 0.1) is 5.41 Å². The fraction of sp³-hybridized carbons (Fsp3) is 0.381. The lowest BCUT2D eigenvalue weighted by Crippen LogP contribution is -2.45. The molecule has 0 bridgehead atoms. The molecule has 0 amide bonds. The van der Waals surface area contributed by atoms with E-state index in [1.54, 1.807) is 18.2 Å². The third-order valence-corrected chi connectivity index (χ3v) is 6.61. The van der Waals surface area contributed by atoms with Crippen molar-refractivity contribution >= 4 is 21.4 Å². The Labute approximate surface area is 160 Å².